The number of amides is 1. The first kappa shape index (κ1) is 13.3. The molecule has 1 aliphatic heterocycles. The molecule has 0 radical (unpaired) electrons. The van der Waals surface area contributed by atoms with Gasteiger partial charge in [0.2, 0.25) is 5.91 Å². The molecule has 0 bridgehead atoms. The van der Waals surface area contributed by atoms with Gasteiger partial charge in [-0.05, 0) is 17.5 Å². The van der Waals surface area contributed by atoms with E-state index < -0.39 is 10.8 Å². The highest BCUT2D eigenvalue weighted by Crippen LogP contribution is 2.30. The number of hydrogen-bond acceptors (Lipinski definition) is 2. The maximum absolute atomic E-state index is 12.3. The van der Waals surface area contributed by atoms with Gasteiger partial charge in [0.05, 0.1) is 21.4 Å². The van der Waals surface area contributed by atoms with E-state index in [9.17, 15) is 9.00 Å². The van der Waals surface area contributed by atoms with Gasteiger partial charge in [0, 0.05) is 18.7 Å². The molecule has 1 amide bonds. The zero-order chi connectivity index (χ0) is 13.3. The van der Waals surface area contributed by atoms with E-state index in [1.165, 1.54) is 0 Å². The highest BCUT2D eigenvalue weighted by molar-refractivity contribution is 7.85. The van der Waals surface area contributed by atoms with Crippen LogP contribution in [0.2, 0.25) is 0 Å². The largest absolute Gasteiger partial charge is 0.310 e. The van der Waals surface area contributed by atoms with Crippen molar-refractivity contribution in [3.63, 3.8) is 0 Å². The lowest BCUT2D eigenvalue weighted by atomic mass is 9.91. The summed E-state index contributed by atoms with van der Waals surface area (Å²) in [6.07, 6.45) is 0.508. The number of benzene rings is 1. The first-order chi connectivity index (χ1) is 8.38. The molecule has 0 spiro atoms. The van der Waals surface area contributed by atoms with Crippen LogP contribution < -0.4 is 4.90 Å². The fraction of sp³-hybridized carbons (Fsp3) is 0.500. The summed E-state index contributed by atoms with van der Waals surface area (Å²) in [7, 11) is -0.969. The van der Waals surface area contributed by atoms with Gasteiger partial charge < -0.3 is 4.90 Å². The fourth-order valence-corrected chi connectivity index (χ4v) is 3.30. The third-order valence-corrected chi connectivity index (χ3v) is 4.27. The number of rotatable bonds is 1. The van der Waals surface area contributed by atoms with Crippen LogP contribution in [-0.4, -0.2) is 22.4 Å². The summed E-state index contributed by atoms with van der Waals surface area (Å²) in [5.41, 5.74) is 0.791. The van der Waals surface area contributed by atoms with E-state index >= 15 is 0 Å². The van der Waals surface area contributed by atoms with Crippen molar-refractivity contribution in [3.8, 4) is 0 Å². The van der Waals surface area contributed by atoms with Crippen LogP contribution in [-0.2, 0) is 15.6 Å². The molecule has 0 saturated carbocycles. The molecule has 0 N–H and O–H groups in total. The zero-order valence-electron chi connectivity index (χ0n) is 11.1. The summed E-state index contributed by atoms with van der Waals surface area (Å²) in [6.45, 7) is 6.72. The van der Waals surface area contributed by atoms with Crippen LogP contribution in [0.5, 0.6) is 0 Å². The first-order valence-corrected chi connectivity index (χ1v) is 7.48. The van der Waals surface area contributed by atoms with Crippen molar-refractivity contribution in [2.24, 2.45) is 5.41 Å². The molecule has 4 heteroatoms. The number of fused-ring (bicyclic) bond motifs is 1. The lowest BCUT2D eigenvalue weighted by Crippen LogP contribution is -2.39. The van der Waals surface area contributed by atoms with E-state index in [-0.39, 0.29) is 11.3 Å². The predicted molar refractivity (Wildman–Crippen MR) is 74.1 cm³/mol. The lowest BCUT2D eigenvalue weighted by Gasteiger charge is -2.31. The number of carbonyl (C=O) groups excluding carboxylic acids is 1. The quantitative estimate of drug-likeness (QED) is 0.782. The maximum Gasteiger partial charge on any atom is 0.227 e. The van der Waals surface area contributed by atoms with Crippen LogP contribution in [0.15, 0.2) is 29.2 Å². The molecule has 98 valence electrons. The predicted octanol–water partition coefficient (Wildman–Crippen LogP) is 2.58. The van der Waals surface area contributed by atoms with Gasteiger partial charge >= 0.3 is 0 Å². The Kier molecular flexibility index (Phi) is 3.57. The third-order valence-electron chi connectivity index (χ3n) is 2.88. The molecule has 0 aromatic heterocycles. The van der Waals surface area contributed by atoms with Crippen LogP contribution in [0.25, 0.3) is 0 Å². The minimum atomic E-state index is -0.969. The molecular formula is C14H19NO2S. The minimum absolute atomic E-state index is 0.0252. The van der Waals surface area contributed by atoms with Gasteiger partial charge in [0.15, 0.2) is 0 Å². The highest BCUT2D eigenvalue weighted by Gasteiger charge is 2.28. The Balaban J connectivity index is 2.29. The molecule has 1 aliphatic rings. The summed E-state index contributed by atoms with van der Waals surface area (Å²) < 4.78 is 11.9. The SMILES string of the molecule is CC(C)(C)CC(=O)N1CCS(=O)c2ccccc21. The van der Waals surface area contributed by atoms with Crippen molar-refractivity contribution >= 4 is 22.4 Å². The molecule has 0 fully saturated rings. The summed E-state index contributed by atoms with van der Waals surface area (Å²) in [6, 6.07) is 7.49. The van der Waals surface area contributed by atoms with Gasteiger partial charge in [0.1, 0.15) is 0 Å². The minimum Gasteiger partial charge on any atom is -0.310 e. The van der Waals surface area contributed by atoms with Crippen molar-refractivity contribution in [1.82, 2.24) is 0 Å². The molecule has 0 saturated heterocycles. The van der Waals surface area contributed by atoms with Gasteiger partial charge in [-0.25, -0.2) is 0 Å². The Labute approximate surface area is 111 Å². The molecule has 2 rings (SSSR count). The molecule has 18 heavy (non-hydrogen) atoms. The lowest BCUT2D eigenvalue weighted by molar-refractivity contribution is -0.120. The zero-order valence-corrected chi connectivity index (χ0v) is 11.9. The maximum atomic E-state index is 12.3. The number of hydrogen-bond donors (Lipinski definition) is 0. The second kappa shape index (κ2) is 4.84. The van der Waals surface area contributed by atoms with Crippen LogP contribution in [0.1, 0.15) is 27.2 Å². The smallest absolute Gasteiger partial charge is 0.227 e. The van der Waals surface area contributed by atoms with Gasteiger partial charge in [-0.15, -0.1) is 0 Å². The number of nitrogens with zero attached hydrogens (tertiary/aromatic N) is 1. The van der Waals surface area contributed by atoms with Gasteiger partial charge in [0.25, 0.3) is 0 Å². The molecule has 1 unspecified atom stereocenters. The van der Waals surface area contributed by atoms with E-state index in [1.807, 2.05) is 24.3 Å². The molecule has 1 heterocycles. The average Bonchev–Trinajstić information content (AvgIpc) is 2.27. The van der Waals surface area contributed by atoms with Crippen molar-refractivity contribution in [3.05, 3.63) is 24.3 Å². The normalized spacial score (nSPS) is 19.5. The average molecular weight is 265 g/mol. The molecule has 1 atom stereocenters. The first-order valence-electron chi connectivity index (χ1n) is 6.16. The Hall–Kier alpha value is -1.16. The summed E-state index contributed by atoms with van der Waals surface area (Å²) in [5, 5.41) is 0. The summed E-state index contributed by atoms with van der Waals surface area (Å²) in [5.74, 6) is 0.652. The van der Waals surface area contributed by atoms with Crippen molar-refractivity contribution < 1.29 is 9.00 Å². The fourth-order valence-electron chi connectivity index (χ4n) is 2.09. The molecule has 1 aromatic rings. The molecule has 1 aromatic carbocycles. The Morgan fingerprint density at radius 1 is 1.33 bits per heavy atom. The van der Waals surface area contributed by atoms with Crippen LogP contribution >= 0.6 is 0 Å². The van der Waals surface area contributed by atoms with E-state index in [2.05, 4.69) is 20.8 Å². The molecule has 0 aliphatic carbocycles. The number of carbonyl (C=O) groups is 1. The third kappa shape index (κ3) is 2.80. The topological polar surface area (TPSA) is 37.4 Å². The monoisotopic (exact) mass is 265 g/mol. The standard InChI is InChI=1S/C14H19NO2S/c1-14(2,3)10-13(16)15-8-9-18(17)12-7-5-4-6-11(12)15/h4-7H,8-10H2,1-3H3. The van der Waals surface area contributed by atoms with E-state index in [0.29, 0.717) is 18.7 Å². The second-order valence-electron chi connectivity index (χ2n) is 5.80. The van der Waals surface area contributed by atoms with Crippen LogP contribution in [0.4, 0.5) is 5.69 Å². The van der Waals surface area contributed by atoms with Gasteiger partial charge in [-0.2, -0.15) is 0 Å². The van der Waals surface area contributed by atoms with E-state index in [0.717, 1.165) is 10.6 Å². The summed E-state index contributed by atoms with van der Waals surface area (Å²) >= 11 is 0. The Morgan fingerprint density at radius 2 is 2.00 bits per heavy atom. The second-order valence-corrected chi connectivity index (χ2v) is 7.34. The number of anilines is 1. The van der Waals surface area contributed by atoms with Crippen LogP contribution in [0.3, 0.4) is 0 Å². The molecule has 3 nitrogen and oxygen atoms in total. The van der Waals surface area contributed by atoms with E-state index in [1.54, 1.807) is 4.90 Å². The van der Waals surface area contributed by atoms with Crippen molar-refractivity contribution in [2.75, 3.05) is 17.2 Å². The van der Waals surface area contributed by atoms with Crippen molar-refractivity contribution in [2.45, 2.75) is 32.1 Å². The Morgan fingerprint density at radius 3 is 2.67 bits per heavy atom. The summed E-state index contributed by atoms with van der Waals surface area (Å²) in [4.78, 5) is 14.9. The van der Waals surface area contributed by atoms with Gasteiger partial charge in [-0.1, -0.05) is 32.9 Å². The number of para-hydroxylation sites is 1. The van der Waals surface area contributed by atoms with Gasteiger partial charge in [-0.3, -0.25) is 9.00 Å². The van der Waals surface area contributed by atoms with Crippen molar-refractivity contribution in [1.29, 1.82) is 0 Å². The van der Waals surface area contributed by atoms with E-state index in [4.69, 9.17) is 0 Å². The van der Waals surface area contributed by atoms with Crippen LogP contribution in [0, 0.1) is 5.41 Å². The highest BCUT2D eigenvalue weighted by atomic mass is 32.2. The molecular weight excluding hydrogens is 246 g/mol. The Bertz CT molecular complexity index is 491.